The molecule has 0 saturated carbocycles. The summed E-state index contributed by atoms with van der Waals surface area (Å²) in [5.74, 6) is 6.89. The second-order valence-corrected chi connectivity index (χ2v) is 26.3. The van der Waals surface area contributed by atoms with Gasteiger partial charge in [0.05, 0.1) is 46.5 Å². The van der Waals surface area contributed by atoms with Crippen molar-refractivity contribution in [1.29, 1.82) is 0 Å². The number of benzene rings is 1. The van der Waals surface area contributed by atoms with Gasteiger partial charge >= 0.3 is 5.97 Å². The Morgan fingerprint density at radius 3 is 2.10 bits per heavy atom. The first-order chi connectivity index (χ1) is 22.7. The van der Waals surface area contributed by atoms with Gasteiger partial charge in [-0.2, -0.15) is 0 Å². The zero-order valence-electron chi connectivity index (χ0n) is 33.3. The molecule has 0 aliphatic carbocycles. The number of carbonyl (C=O) groups excluding carboxylic acids is 1. The smallest absolute Gasteiger partial charge is 0.311 e. The minimum absolute atomic E-state index is 0.0596. The molecule has 0 amide bonds. The molecular formula is C39H66O8Si2. The van der Waals surface area contributed by atoms with E-state index in [9.17, 15) is 4.79 Å². The van der Waals surface area contributed by atoms with Crippen LogP contribution in [0.5, 0.6) is 5.75 Å². The quantitative estimate of drug-likeness (QED) is 0.0771. The summed E-state index contributed by atoms with van der Waals surface area (Å²) in [4.78, 5) is 12.7. The van der Waals surface area contributed by atoms with Crippen molar-refractivity contribution < 1.29 is 37.6 Å². The molecule has 0 unspecified atom stereocenters. The van der Waals surface area contributed by atoms with E-state index in [0.717, 1.165) is 11.3 Å². The Labute approximate surface area is 300 Å². The van der Waals surface area contributed by atoms with E-state index >= 15 is 0 Å². The Balaban J connectivity index is 2.48. The molecule has 1 aromatic carbocycles. The molecule has 1 heterocycles. The van der Waals surface area contributed by atoms with Crippen molar-refractivity contribution in [3.8, 4) is 17.6 Å². The van der Waals surface area contributed by atoms with Crippen LogP contribution in [-0.4, -0.2) is 74.9 Å². The van der Waals surface area contributed by atoms with Gasteiger partial charge in [-0.15, -0.1) is 0 Å². The number of allylic oxidation sites excluding steroid dienone is 1. The fourth-order valence-electron chi connectivity index (χ4n) is 5.63. The molecule has 10 heteroatoms. The van der Waals surface area contributed by atoms with Crippen molar-refractivity contribution >= 4 is 22.4 Å². The Bertz CT molecular complexity index is 1270. The lowest BCUT2D eigenvalue weighted by molar-refractivity contribution is -0.284. The molecule has 1 fully saturated rings. The third-order valence-corrected chi connectivity index (χ3v) is 17.4. The summed E-state index contributed by atoms with van der Waals surface area (Å²) in [5, 5.41) is 1.53. The van der Waals surface area contributed by atoms with Crippen molar-refractivity contribution in [1.82, 2.24) is 0 Å². The highest BCUT2D eigenvalue weighted by molar-refractivity contribution is 6.82. The van der Waals surface area contributed by atoms with Gasteiger partial charge in [0, 0.05) is 36.8 Å². The maximum Gasteiger partial charge on any atom is 0.311 e. The SMILES string of the molecule is COCO[C@H](C#C[C@H](C)[C@H](O[Si](C)(C)C(C)(C)C)[C@@H](C)/C=C(/C)[Si](C)(C)C)C[C@@H]1O[C@@H](c2ccc(OC)cc2)O[C@H]([C@@H](C)C(=O)OC)[C@H]1C. The molecule has 2 rings (SSSR count). The van der Waals surface area contributed by atoms with Gasteiger partial charge in [-0.3, -0.25) is 4.79 Å². The molecule has 0 radical (unpaired) electrons. The highest BCUT2D eigenvalue weighted by Gasteiger charge is 2.44. The third-order valence-electron chi connectivity index (χ3n) is 10.4. The first-order valence-corrected chi connectivity index (χ1v) is 24.1. The van der Waals surface area contributed by atoms with Gasteiger partial charge in [-0.05, 0) is 51.0 Å². The second kappa shape index (κ2) is 18.5. The van der Waals surface area contributed by atoms with E-state index in [1.165, 1.54) is 12.3 Å². The van der Waals surface area contributed by atoms with Gasteiger partial charge in [0.1, 0.15) is 18.6 Å². The molecule has 9 atom stereocenters. The fourth-order valence-corrected chi connectivity index (χ4v) is 7.85. The largest absolute Gasteiger partial charge is 0.497 e. The lowest BCUT2D eigenvalue weighted by Crippen LogP contribution is -2.48. The molecule has 49 heavy (non-hydrogen) atoms. The number of ether oxygens (including phenoxy) is 6. The van der Waals surface area contributed by atoms with Crippen molar-refractivity contribution in [3.05, 3.63) is 41.1 Å². The topological polar surface area (TPSA) is 81.7 Å². The third kappa shape index (κ3) is 12.3. The zero-order chi connectivity index (χ0) is 37.3. The maximum atomic E-state index is 12.7. The fraction of sp³-hybridized carbons (Fsp3) is 0.718. The summed E-state index contributed by atoms with van der Waals surface area (Å²) in [6.45, 7) is 29.2. The first kappa shape index (κ1) is 43.2. The number of rotatable bonds is 15. The Hall–Kier alpha value is -1.98. The van der Waals surface area contributed by atoms with Gasteiger partial charge in [-0.1, -0.05) is 89.5 Å². The average Bonchev–Trinajstić information content (AvgIpc) is 3.03. The molecular weight excluding hydrogens is 653 g/mol. The number of hydrogen-bond acceptors (Lipinski definition) is 8. The van der Waals surface area contributed by atoms with Crippen LogP contribution in [0.15, 0.2) is 35.5 Å². The summed E-state index contributed by atoms with van der Waals surface area (Å²) in [6.07, 6.45) is 0.849. The molecule has 1 aromatic rings. The minimum atomic E-state index is -2.11. The van der Waals surface area contributed by atoms with E-state index < -0.39 is 40.8 Å². The van der Waals surface area contributed by atoms with Crippen molar-refractivity contribution in [2.45, 2.75) is 130 Å². The van der Waals surface area contributed by atoms with E-state index in [1.807, 2.05) is 38.1 Å². The van der Waals surface area contributed by atoms with Crippen LogP contribution in [0, 0.1) is 35.5 Å². The molecule has 1 aliphatic rings. The second-order valence-electron chi connectivity index (χ2n) is 16.2. The number of esters is 1. The Kier molecular flexibility index (Phi) is 16.3. The molecule has 8 nitrogen and oxygen atoms in total. The molecule has 1 aliphatic heterocycles. The predicted octanol–water partition coefficient (Wildman–Crippen LogP) is 8.79. The standard InChI is InChI=1S/C39H66O8Si2/c1-26(35(47-49(15,16)39(6,7)8)27(2)23-28(3)48(12,13)14)17-20-33(44-25-41-9)24-34-29(4)36(30(5)37(40)43-11)46-38(45-34)31-18-21-32(42-10)22-19-31/h18-19,21-23,26-27,29-30,33-36,38H,24-25H2,1-16H3/b28-23-/t26-,27-,29-,30+,33+,34-,35-,36-,38+/m0/s1. The first-order valence-electron chi connectivity index (χ1n) is 17.7. The normalized spacial score (nSPS) is 23.8. The molecule has 1 saturated heterocycles. The lowest BCUT2D eigenvalue weighted by atomic mass is 9.85. The van der Waals surface area contributed by atoms with E-state index in [1.54, 1.807) is 14.2 Å². The van der Waals surface area contributed by atoms with Crippen molar-refractivity contribution in [3.63, 3.8) is 0 Å². The van der Waals surface area contributed by atoms with Crippen LogP contribution in [0.25, 0.3) is 0 Å². The van der Waals surface area contributed by atoms with Crippen molar-refractivity contribution in [2.24, 2.45) is 23.7 Å². The van der Waals surface area contributed by atoms with Crippen LogP contribution in [-0.2, 0) is 32.9 Å². The Morgan fingerprint density at radius 2 is 1.59 bits per heavy atom. The van der Waals surface area contributed by atoms with E-state index in [4.69, 9.17) is 32.8 Å². The van der Waals surface area contributed by atoms with Crippen LogP contribution >= 0.6 is 0 Å². The lowest BCUT2D eigenvalue weighted by Gasteiger charge is -2.43. The molecule has 278 valence electrons. The van der Waals surface area contributed by atoms with Gasteiger partial charge in [-0.25, -0.2) is 0 Å². The maximum absolute atomic E-state index is 12.7. The van der Waals surface area contributed by atoms with E-state index in [0.29, 0.717) is 6.42 Å². The van der Waals surface area contributed by atoms with Crippen LogP contribution in [0.4, 0.5) is 0 Å². The van der Waals surface area contributed by atoms with Crippen molar-refractivity contribution in [2.75, 3.05) is 28.1 Å². The summed E-state index contributed by atoms with van der Waals surface area (Å²) < 4.78 is 42.1. The highest BCUT2D eigenvalue weighted by Crippen LogP contribution is 2.41. The molecule has 0 N–H and O–H groups in total. The monoisotopic (exact) mass is 718 g/mol. The van der Waals surface area contributed by atoms with Crippen LogP contribution < -0.4 is 4.74 Å². The van der Waals surface area contributed by atoms with Crippen LogP contribution in [0.3, 0.4) is 0 Å². The minimum Gasteiger partial charge on any atom is -0.497 e. The zero-order valence-corrected chi connectivity index (χ0v) is 35.3. The Morgan fingerprint density at radius 1 is 0.980 bits per heavy atom. The van der Waals surface area contributed by atoms with Crippen LogP contribution in [0.1, 0.15) is 73.7 Å². The number of hydrogen-bond donors (Lipinski definition) is 0. The van der Waals surface area contributed by atoms with E-state index in [2.05, 4.69) is 92.2 Å². The number of carbonyl (C=O) groups is 1. The summed E-state index contributed by atoms with van der Waals surface area (Å²) in [6, 6.07) is 7.57. The summed E-state index contributed by atoms with van der Waals surface area (Å²) in [7, 11) is 1.07. The molecule has 0 bridgehead atoms. The predicted molar refractivity (Wildman–Crippen MR) is 202 cm³/mol. The van der Waals surface area contributed by atoms with Gasteiger partial charge in [0.25, 0.3) is 0 Å². The highest BCUT2D eigenvalue weighted by atomic mass is 28.4. The van der Waals surface area contributed by atoms with Gasteiger partial charge in [0.2, 0.25) is 0 Å². The summed E-state index contributed by atoms with van der Waals surface area (Å²) >= 11 is 0. The van der Waals surface area contributed by atoms with Crippen LogP contribution in [0.2, 0.25) is 37.8 Å². The number of methoxy groups -OCH3 is 3. The average molecular weight is 719 g/mol. The van der Waals surface area contributed by atoms with Gasteiger partial charge < -0.3 is 32.8 Å². The molecule has 0 spiro atoms. The van der Waals surface area contributed by atoms with Gasteiger partial charge in [0.15, 0.2) is 14.6 Å². The summed E-state index contributed by atoms with van der Waals surface area (Å²) in [5.41, 5.74) is 0.829. The molecule has 0 aromatic heterocycles. The van der Waals surface area contributed by atoms with E-state index in [-0.39, 0.29) is 47.8 Å².